The summed E-state index contributed by atoms with van der Waals surface area (Å²) >= 11 is 0. The van der Waals surface area contributed by atoms with E-state index in [9.17, 15) is 4.79 Å². The molecule has 1 saturated carbocycles. The summed E-state index contributed by atoms with van der Waals surface area (Å²) in [4.78, 5) is 16.5. The molecule has 0 unspecified atom stereocenters. The molecule has 1 fully saturated rings. The summed E-state index contributed by atoms with van der Waals surface area (Å²) < 4.78 is 16.0. The molecule has 162 valence electrons. The largest absolute Gasteiger partial charge is 0.496 e. The van der Waals surface area contributed by atoms with Gasteiger partial charge >= 0.3 is 5.97 Å². The summed E-state index contributed by atoms with van der Waals surface area (Å²) in [6.45, 7) is 4.83. The third-order valence-corrected chi connectivity index (χ3v) is 4.95. The van der Waals surface area contributed by atoms with Gasteiger partial charge in [-0.3, -0.25) is 0 Å². The van der Waals surface area contributed by atoms with Gasteiger partial charge in [0.1, 0.15) is 11.3 Å². The Morgan fingerprint density at radius 2 is 1.97 bits per heavy atom. The van der Waals surface area contributed by atoms with Crippen molar-refractivity contribution in [2.75, 3.05) is 33.9 Å². The van der Waals surface area contributed by atoms with Crippen LogP contribution in [0.2, 0.25) is 0 Å². The molecule has 1 aromatic carbocycles. The number of methoxy groups -OCH3 is 2. The summed E-state index contributed by atoms with van der Waals surface area (Å²) in [5, 5.41) is 6.59. The van der Waals surface area contributed by atoms with E-state index >= 15 is 0 Å². The van der Waals surface area contributed by atoms with E-state index in [-0.39, 0.29) is 0 Å². The van der Waals surface area contributed by atoms with Crippen molar-refractivity contribution in [2.45, 2.75) is 58.1 Å². The average Bonchev–Trinajstić information content (AvgIpc) is 2.77. The molecule has 0 radical (unpaired) electrons. The number of rotatable bonds is 10. The van der Waals surface area contributed by atoms with Gasteiger partial charge in [0, 0.05) is 19.7 Å². The number of carbonyl (C=O) groups is 1. The fourth-order valence-electron chi connectivity index (χ4n) is 3.40. The molecule has 0 atom stereocenters. The van der Waals surface area contributed by atoms with Gasteiger partial charge in [0.25, 0.3) is 0 Å². The number of aliphatic imine (C=N–C) groups is 1. The van der Waals surface area contributed by atoms with Crippen LogP contribution in [0.3, 0.4) is 0 Å². The van der Waals surface area contributed by atoms with E-state index in [0.29, 0.717) is 24.0 Å². The Morgan fingerprint density at radius 1 is 1.17 bits per heavy atom. The van der Waals surface area contributed by atoms with Crippen LogP contribution in [0.5, 0.6) is 5.75 Å². The highest BCUT2D eigenvalue weighted by Crippen LogP contribution is 2.21. The number of hydrogen-bond donors (Lipinski definition) is 2. The lowest BCUT2D eigenvalue weighted by Gasteiger charge is -2.22. The van der Waals surface area contributed by atoms with Crippen LogP contribution < -0.4 is 15.4 Å². The van der Waals surface area contributed by atoms with Gasteiger partial charge in [-0.2, -0.15) is 0 Å². The number of guanidine groups is 1. The molecule has 1 aliphatic carbocycles. The molecule has 0 heterocycles. The number of ether oxygens (including phenoxy) is 3. The van der Waals surface area contributed by atoms with Crippen LogP contribution in [0.4, 0.5) is 0 Å². The number of carbonyl (C=O) groups excluding carboxylic acids is 1. The lowest BCUT2D eigenvalue weighted by Crippen LogP contribution is -2.38. The first-order chi connectivity index (χ1) is 14.2. The maximum Gasteiger partial charge on any atom is 0.341 e. The van der Waals surface area contributed by atoms with Gasteiger partial charge in [-0.05, 0) is 43.9 Å². The van der Waals surface area contributed by atoms with Gasteiger partial charge < -0.3 is 24.8 Å². The number of hydrogen-bond acceptors (Lipinski definition) is 5. The summed E-state index contributed by atoms with van der Waals surface area (Å²) in [6, 6.07) is 5.42. The van der Waals surface area contributed by atoms with E-state index in [1.165, 1.54) is 46.3 Å². The van der Waals surface area contributed by atoms with Crippen LogP contribution in [0.25, 0.3) is 0 Å². The van der Waals surface area contributed by atoms with Crippen LogP contribution >= 0.6 is 0 Å². The minimum Gasteiger partial charge on any atom is -0.496 e. The monoisotopic (exact) mass is 405 g/mol. The molecule has 2 N–H and O–H groups in total. The minimum absolute atomic E-state index is 0.403. The molecule has 29 heavy (non-hydrogen) atoms. The Kier molecular flexibility index (Phi) is 10.3. The van der Waals surface area contributed by atoms with Crippen LogP contribution in [0, 0.1) is 0 Å². The van der Waals surface area contributed by atoms with E-state index in [1.807, 2.05) is 13.0 Å². The number of esters is 1. The second kappa shape index (κ2) is 13.0. The predicted octanol–water partition coefficient (Wildman–Crippen LogP) is 3.28. The van der Waals surface area contributed by atoms with Crippen molar-refractivity contribution in [3.8, 4) is 5.75 Å². The Hall–Kier alpha value is -2.28. The zero-order valence-corrected chi connectivity index (χ0v) is 18.0. The van der Waals surface area contributed by atoms with Crippen molar-refractivity contribution in [1.82, 2.24) is 10.6 Å². The van der Waals surface area contributed by atoms with E-state index in [0.717, 1.165) is 37.6 Å². The first kappa shape index (κ1) is 23.0. The topological polar surface area (TPSA) is 81.2 Å². The number of nitrogens with one attached hydrogen (secondary N) is 2. The first-order valence-electron chi connectivity index (χ1n) is 10.6. The first-order valence-corrected chi connectivity index (χ1v) is 10.6. The third kappa shape index (κ3) is 7.93. The fraction of sp³-hybridized carbons (Fsp3) is 0.636. The highest BCUT2D eigenvalue weighted by atomic mass is 16.5. The van der Waals surface area contributed by atoms with Crippen molar-refractivity contribution in [3.05, 3.63) is 29.3 Å². The number of nitrogens with zero attached hydrogens (tertiary/aromatic N) is 1. The van der Waals surface area contributed by atoms with Gasteiger partial charge in [-0.25, -0.2) is 9.79 Å². The Bertz CT molecular complexity index is 657. The molecule has 0 saturated heterocycles. The molecular formula is C22H35N3O4. The standard InChI is InChI=1S/C22H35N3O4/c1-4-23-22(24-13-8-14-29-18-9-6-5-7-10-18)25-16-17-11-12-20(27-2)19(15-17)21(26)28-3/h11-12,15,18H,4-10,13-14,16H2,1-3H3,(H2,23,24,25). The third-order valence-electron chi connectivity index (χ3n) is 4.95. The van der Waals surface area contributed by atoms with Crippen molar-refractivity contribution in [1.29, 1.82) is 0 Å². The van der Waals surface area contributed by atoms with Gasteiger partial charge in [-0.15, -0.1) is 0 Å². The zero-order valence-electron chi connectivity index (χ0n) is 18.0. The van der Waals surface area contributed by atoms with E-state index in [4.69, 9.17) is 14.2 Å². The molecule has 0 bridgehead atoms. The van der Waals surface area contributed by atoms with E-state index in [2.05, 4.69) is 15.6 Å². The Labute approximate surface area is 174 Å². The lowest BCUT2D eigenvalue weighted by atomic mass is 9.98. The summed E-state index contributed by atoms with van der Waals surface area (Å²) in [7, 11) is 2.89. The SMILES string of the molecule is CCNC(=NCc1ccc(OC)c(C(=O)OC)c1)NCCCOC1CCCCC1. The van der Waals surface area contributed by atoms with Crippen molar-refractivity contribution in [2.24, 2.45) is 4.99 Å². The van der Waals surface area contributed by atoms with Gasteiger partial charge in [0.15, 0.2) is 5.96 Å². The van der Waals surface area contributed by atoms with Gasteiger partial charge in [-0.1, -0.05) is 25.3 Å². The highest BCUT2D eigenvalue weighted by Gasteiger charge is 2.14. The Morgan fingerprint density at radius 3 is 2.66 bits per heavy atom. The van der Waals surface area contributed by atoms with E-state index < -0.39 is 5.97 Å². The van der Waals surface area contributed by atoms with E-state index in [1.54, 1.807) is 12.1 Å². The minimum atomic E-state index is -0.421. The van der Waals surface area contributed by atoms with Crippen LogP contribution in [0.1, 0.15) is 61.4 Å². The molecule has 0 amide bonds. The van der Waals surface area contributed by atoms with Crippen molar-refractivity contribution >= 4 is 11.9 Å². The molecule has 2 rings (SSSR count). The molecule has 1 aromatic rings. The number of benzene rings is 1. The van der Waals surface area contributed by atoms with Crippen molar-refractivity contribution < 1.29 is 19.0 Å². The normalized spacial score (nSPS) is 15.1. The second-order valence-electron chi connectivity index (χ2n) is 7.13. The van der Waals surface area contributed by atoms with Crippen LogP contribution in [-0.2, 0) is 16.0 Å². The van der Waals surface area contributed by atoms with Crippen LogP contribution in [0.15, 0.2) is 23.2 Å². The molecule has 7 heteroatoms. The molecule has 0 spiro atoms. The second-order valence-corrected chi connectivity index (χ2v) is 7.13. The van der Waals surface area contributed by atoms with Gasteiger partial charge in [0.05, 0.1) is 26.9 Å². The smallest absolute Gasteiger partial charge is 0.341 e. The predicted molar refractivity (Wildman–Crippen MR) is 115 cm³/mol. The van der Waals surface area contributed by atoms with Crippen LogP contribution in [-0.4, -0.2) is 51.9 Å². The van der Waals surface area contributed by atoms with Gasteiger partial charge in [0.2, 0.25) is 0 Å². The quantitative estimate of drug-likeness (QED) is 0.269. The molecule has 1 aliphatic rings. The van der Waals surface area contributed by atoms with Crippen molar-refractivity contribution in [3.63, 3.8) is 0 Å². The highest BCUT2D eigenvalue weighted by molar-refractivity contribution is 5.92. The summed E-state index contributed by atoms with van der Waals surface area (Å²) in [6.07, 6.45) is 7.73. The lowest BCUT2D eigenvalue weighted by molar-refractivity contribution is 0.0277. The maximum atomic E-state index is 11.9. The fourth-order valence-corrected chi connectivity index (χ4v) is 3.40. The maximum absolute atomic E-state index is 11.9. The summed E-state index contributed by atoms with van der Waals surface area (Å²) in [5.74, 6) is 0.823. The molecular weight excluding hydrogens is 370 g/mol. The average molecular weight is 406 g/mol. The molecule has 0 aliphatic heterocycles. The zero-order chi connectivity index (χ0) is 20.9. The Balaban J connectivity index is 1.83. The molecule has 7 nitrogen and oxygen atoms in total. The summed E-state index contributed by atoms with van der Waals surface area (Å²) in [5.41, 5.74) is 1.31. The molecule has 0 aromatic heterocycles.